The number of ether oxygens (including phenoxy) is 1. The van der Waals surface area contributed by atoms with Gasteiger partial charge in [-0.25, -0.2) is 0 Å². The molecule has 0 fully saturated rings. The summed E-state index contributed by atoms with van der Waals surface area (Å²) in [5, 5.41) is 0. The van der Waals surface area contributed by atoms with Crippen molar-refractivity contribution in [1.29, 1.82) is 0 Å². The van der Waals surface area contributed by atoms with Gasteiger partial charge in [-0.15, -0.1) is 0 Å². The molecule has 1 aliphatic carbocycles. The van der Waals surface area contributed by atoms with Crippen molar-refractivity contribution in [3.63, 3.8) is 0 Å². The lowest BCUT2D eigenvalue weighted by molar-refractivity contribution is 0.0488. The number of rotatable bonds is 2. The third-order valence-electron chi connectivity index (χ3n) is 4.56. The summed E-state index contributed by atoms with van der Waals surface area (Å²) in [5.41, 5.74) is 3.41. The predicted molar refractivity (Wildman–Crippen MR) is 68.4 cm³/mol. The molecule has 2 aliphatic rings. The summed E-state index contributed by atoms with van der Waals surface area (Å²) in [6.45, 7) is 10.1. The van der Waals surface area contributed by atoms with Gasteiger partial charge in [0.1, 0.15) is 0 Å². The first-order valence-corrected chi connectivity index (χ1v) is 6.46. The molecule has 1 nitrogen and oxygen atoms in total. The highest BCUT2D eigenvalue weighted by Crippen LogP contribution is 2.45. The van der Waals surface area contributed by atoms with Gasteiger partial charge in [0.2, 0.25) is 0 Å². The molecule has 1 aliphatic heterocycles. The van der Waals surface area contributed by atoms with E-state index < -0.39 is 0 Å². The maximum Gasteiger partial charge on any atom is 0.0761 e. The molecule has 2 unspecified atom stereocenters. The van der Waals surface area contributed by atoms with Crippen LogP contribution in [0.3, 0.4) is 0 Å². The summed E-state index contributed by atoms with van der Waals surface area (Å²) >= 11 is 0. The molecule has 2 rings (SSSR count). The summed E-state index contributed by atoms with van der Waals surface area (Å²) in [7, 11) is 0. The maximum atomic E-state index is 5.84. The number of hydrogen-bond acceptors (Lipinski definition) is 1. The Balaban J connectivity index is 1.99. The van der Waals surface area contributed by atoms with Crippen molar-refractivity contribution in [1.82, 2.24) is 0 Å². The van der Waals surface area contributed by atoms with Crippen LogP contribution in [0.5, 0.6) is 0 Å². The lowest BCUT2D eigenvalue weighted by Gasteiger charge is -2.33. The molecule has 0 radical (unpaired) electrons. The molecule has 0 aromatic rings. The van der Waals surface area contributed by atoms with Gasteiger partial charge in [0.05, 0.1) is 12.7 Å². The standard InChI is InChI=1S/C15H24O/c1-11-7-8-16-14(9-11)10-13-6-5-12(2)15(13,3)4/h5,9,13-14H,6-8,10H2,1-4H3. The van der Waals surface area contributed by atoms with Gasteiger partial charge < -0.3 is 4.74 Å². The van der Waals surface area contributed by atoms with Gasteiger partial charge in [-0.05, 0) is 44.4 Å². The Morgan fingerprint density at radius 3 is 2.69 bits per heavy atom. The van der Waals surface area contributed by atoms with Gasteiger partial charge in [-0.1, -0.05) is 37.1 Å². The van der Waals surface area contributed by atoms with E-state index in [0.717, 1.165) is 18.9 Å². The van der Waals surface area contributed by atoms with E-state index in [2.05, 4.69) is 39.8 Å². The van der Waals surface area contributed by atoms with Crippen LogP contribution in [0.25, 0.3) is 0 Å². The topological polar surface area (TPSA) is 9.23 Å². The summed E-state index contributed by atoms with van der Waals surface area (Å²) < 4.78 is 5.84. The highest BCUT2D eigenvalue weighted by molar-refractivity contribution is 5.19. The third kappa shape index (κ3) is 2.24. The minimum absolute atomic E-state index is 0.359. The zero-order valence-electron chi connectivity index (χ0n) is 11.0. The fraction of sp³-hybridized carbons (Fsp3) is 0.733. The van der Waals surface area contributed by atoms with Crippen LogP contribution >= 0.6 is 0 Å². The maximum absolute atomic E-state index is 5.84. The molecule has 90 valence electrons. The van der Waals surface area contributed by atoms with E-state index in [-0.39, 0.29) is 0 Å². The van der Waals surface area contributed by atoms with E-state index in [1.165, 1.54) is 18.4 Å². The van der Waals surface area contributed by atoms with Gasteiger partial charge >= 0.3 is 0 Å². The van der Waals surface area contributed by atoms with E-state index in [1.54, 1.807) is 5.57 Å². The van der Waals surface area contributed by atoms with Crippen LogP contribution < -0.4 is 0 Å². The van der Waals surface area contributed by atoms with Gasteiger partial charge in [0.15, 0.2) is 0 Å². The molecule has 0 bridgehead atoms. The minimum atomic E-state index is 0.359. The molecule has 0 saturated heterocycles. The molecule has 16 heavy (non-hydrogen) atoms. The van der Waals surface area contributed by atoms with E-state index in [0.29, 0.717) is 11.5 Å². The Labute approximate surface area is 99.6 Å². The SMILES string of the molecule is CC1=CC(CC2CC=C(C)C2(C)C)OCC1. The zero-order chi connectivity index (χ0) is 11.8. The van der Waals surface area contributed by atoms with Crippen molar-refractivity contribution < 1.29 is 4.74 Å². The quantitative estimate of drug-likeness (QED) is 0.636. The third-order valence-corrected chi connectivity index (χ3v) is 4.56. The van der Waals surface area contributed by atoms with E-state index in [1.807, 2.05) is 0 Å². The van der Waals surface area contributed by atoms with Crippen molar-refractivity contribution in [3.05, 3.63) is 23.3 Å². The minimum Gasteiger partial charge on any atom is -0.374 e. The first kappa shape index (κ1) is 11.9. The van der Waals surface area contributed by atoms with Crippen LogP contribution in [0.4, 0.5) is 0 Å². The van der Waals surface area contributed by atoms with Gasteiger partial charge in [-0.3, -0.25) is 0 Å². The van der Waals surface area contributed by atoms with Crippen LogP contribution in [0.15, 0.2) is 23.3 Å². The molecule has 2 atom stereocenters. The highest BCUT2D eigenvalue weighted by Gasteiger charge is 2.36. The Morgan fingerprint density at radius 1 is 1.38 bits per heavy atom. The van der Waals surface area contributed by atoms with Crippen molar-refractivity contribution in [2.24, 2.45) is 11.3 Å². The molecular weight excluding hydrogens is 196 g/mol. The molecule has 0 aromatic carbocycles. The monoisotopic (exact) mass is 220 g/mol. The summed E-state index contributed by atoms with van der Waals surface area (Å²) in [5.74, 6) is 0.750. The van der Waals surface area contributed by atoms with Crippen molar-refractivity contribution in [2.75, 3.05) is 6.61 Å². The summed E-state index contributed by atoms with van der Waals surface area (Å²) in [6.07, 6.45) is 8.61. The largest absolute Gasteiger partial charge is 0.374 e. The average Bonchev–Trinajstić information content (AvgIpc) is 2.45. The number of allylic oxidation sites excluding steroid dienone is 2. The van der Waals surface area contributed by atoms with Crippen molar-refractivity contribution >= 4 is 0 Å². The second kappa shape index (κ2) is 4.37. The van der Waals surface area contributed by atoms with Crippen LogP contribution in [0.1, 0.15) is 47.0 Å². The Hall–Kier alpha value is -0.560. The summed E-state index contributed by atoms with van der Waals surface area (Å²) in [6, 6.07) is 0. The Morgan fingerprint density at radius 2 is 2.12 bits per heavy atom. The van der Waals surface area contributed by atoms with E-state index >= 15 is 0 Å². The van der Waals surface area contributed by atoms with Crippen LogP contribution in [0.2, 0.25) is 0 Å². The second-order valence-corrected chi connectivity index (χ2v) is 5.95. The van der Waals surface area contributed by atoms with Crippen LogP contribution in [-0.4, -0.2) is 12.7 Å². The lowest BCUT2D eigenvalue weighted by Crippen LogP contribution is -2.27. The fourth-order valence-electron chi connectivity index (χ4n) is 2.83. The number of hydrogen-bond donors (Lipinski definition) is 0. The molecule has 1 heterocycles. The van der Waals surface area contributed by atoms with Crippen LogP contribution in [-0.2, 0) is 4.74 Å². The zero-order valence-corrected chi connectivity index (χ0v) is 11.0. The van der Waals surface area contributed by atoms with Gasteiger partial charge in [0, 0.05) is 0 Å². The lowest BCUT2D eigenvalue weighted by atomic mass is 9.75. The smallest absolute Gasteiger partial charge is 0.0761 e. The molecule has 0 N–H and O–H groups in total. The van der Waals surface area contributed by atoms with Crippen molar-refractivity contribution in [2.45, 2.75) is 53.1 Å². The van der Waals surface area contributed by atoms with Crippen molar-refractivity contribution in [3.8, 4) is 0 Å². The molecular formula is C15H24O. The molecule has 0 aromatic heterocycles. The van der Waals surface area contributed by atoms with E-state index in [4.69, 9.17) is 4.74 Å². The molecule has 0 amide bonds. The van der Waals surface area contributed by atoms with Gasteiger partial charge in [0.25, 0.3) is 0 Å². The molecule has 0 saturated carbocycles. The first-order chi connectivity index (χ1) is 7.50. The fourth-order valence-corrected chi connectivity index (χ4v) is 2.83. The average molecular weight is 220 g/mol. The molecule has 0 spiro atoms. The predicted octanol–water partition coefficient (Wildman–Crippen LogP) is 4.10. The normalized spacial score (nSPS) is 33.5. The van der Waals surface area contributed by atoms with E-state index in [9.17, 15) is 0 Å². The first-order valence-electron chi connectivity index (χ1n) is 6.46. The highest BCUT2D eigenvalue weighted by atomic mass is 16.5. The van der Waals surface area contributed by atoms with Crippen LogP contribution in [0, 0.1) is 11.3 Å². The van der Waals surface area contributed by atoms with Gasteiger partial charge in [-0.2, -0.15) is 0 Å². The second-order valence-electron chi connectivity index (χ2n) is 5.95. The Kier molecular flexibility index (Phi) is 3.25. The molecule has 1 heteroatoms. The Bertz CT molecular complexity index is 322. The summed E-state index contributed by atoms with van der Waals surface area (Å²) in [4.78, 5) is 0.